The zero-order chi connectivity index (χ0) is 9.52. The van der Waals surface area contributed by atoms with Crippen molar-refractivity contribution >= 4 is 15.8 Å². The van der Waals surface area contributed by atoms with Gasteiger partial charge in [0.05, 0.1) is 6.26 Å². The molecule has 13 heavy (non-hydrogen) atoms. The van der Waals surface area contributed by atoms with E-state index in [0.717, 1.165) is 0 Å². The van der Waals surface area contributed by atoms with Gasteiger partial charge in [0.1, 0.15) is 0 Å². The van der Waals surface area contributed by atoms with Crippen molar-refractivity contribution < 1.29 is 4.43 Å². The molecule has 1 aromatic rings. The average molecular weight is 190 g/mol. The molecule has 2 heteroatoms. The highest BCUT2D eigenvalue weighted by molar-refractivity contribution is 6.29. The minimum absolute atomic E-state index is 0.554. The van der Waals surface area contributed by atoms with E-state index < -0.39 is 0 Å². The summed E-state index contributed by atoms with van der Waals surface area (Å²) in [5.41, 5.74) is 1.79. The average Bonchev–Trinajstić information content (AvgIpc) is 2.14. The molecule has 0 fully saturated rings. The van der Waals surface area contributed by atoms with Gasteiger partial charge in [-0.25, -0.2) is 0 Å². The quantitative estimate of drug-likeness (QED) is 0.523. The number of hydrogen-bond acceptors (Lipinski definition) is 1. The van der Waals surface area contributed by atoms with Gasteiger partial charge in [0.2, 0.25) is 0 Å². The highest BCUT2D eigenvalue weighted by Gasteiger charge is 1.94. The fourth-order valence-electron chi connectivity index (χ4n) is 0.852. The fraction of sp³-hybridized carbons (Fsp3) is 0.273. The van der Waals surface area contributed by atoms with Crippen LogP contribution in [0, 0.1) is 0 Å². The Balaban J connectivity index is 2.33. The number of hydrogen-bond donors (Lipinski definition) is 0. The van der Waals surface area contributed by atoms with E-state index in [0.29, 0.717) is 15.3 Å². The molecule has 68 valence electrons. The van der Waals surface area contributed by atoms with E-state index in [1.807, 2.05) is 24.3 Å². The maximum Gasteiger partial charge on any atom is 0.312 e. The molecule has 0 aromatic heterocycles. The normalized spacial score (nSPS) is 11.0. The lowest BCUT2D eigenvalue weighted by molar-refractivity contribution is 0.508. The van der Waals surface area contributed by atoms with Gasteiger partial charge in [-0.3, -0.25) is 0 Å². The summed E-state index contributed by atoms with van der Waals surface area (Å²) in [4.78, 5) is 0. The Morgan fingerprint density at radius 3 is 2.54 bits per heavy atom. The molecule has 0 aliphatic carbocycles. The fourth-order valence-corrected chi connectivity index (χ4v) is 1.27. The van der Waals surface area contributed by atoms with E-state index in [-0.39, 0.29) is 0 Å². The van der Waals surface area contributed by atoms with Crippen molar-refractivity contribution in [2.45, 2.75) is 19.4 Å². The SMILES string of the molecule is CC(C)[Si]OC=Cc1ccccc1. The molecule has 1 aromatic carbocycles. The summed E-state index contributed by atoms with van der Waals surface area (Å²) in [7, 11) is 0.554. The summed E-state index contributed by atoms with van der Waals surface area (Å²) in [6, 6.07) is 10.2. The van der Waals surface area contributed by atoms with Gasteiger partial charge in [-0.1, -0.05) is 44.2 Å². The van der Waals surface area contributed by atoms with Crippen LogP contribution in [0.2, 0.25) is 5.54 Å². The Labute approximate surface area is 82.4 Å². The third kappa shape index (κ3) is 4.53. The molecular formula is C11H14OSi. The molecule has 0 unspecified atom stereocenters. The van der Waals surface area contributed by atoms with Gasteiger partial charge in [-0.2, -0.15) is 0 Å². The predicted octanol–water partition coefficient (Wildman–Crippen LogP) is 3.12. The Kier molecular flexibility index (Phi) is 4.33. The monoisotopic (exact) mass is 190 g/mol. The lowest BCUT2D eigenvalue weighted by atomic mass is 10.2. The zero-order valence-electron chi connectivity index (χ0n) is 8.03. The standard InChI is InChI=1S/C11H14OSi/c1-10(2)13-12-9-8-11-6-4-3-5-7-11/h3-10H,1-2H3. The number of rotatable bonds is 4. The highest BCUT2D eigenvalue weighted by Crippen LogP contribution is 2.02. The molecule has 0 aliphatic heterocycles. The molecule has 0 N–H and O–H groups in total. The van der Waals surface area contributed by atoms with Crippen LogP contribution in [0.15, 0.2) is 36.6 Å². The second-order valence-electron chi connectivity index (χ2n) is 3.10. The van der Waals surface area contributed by atoms with Gasteiger partial charge < -0.3 is 4.43 Å². The molecule has 0 spiro atoms. The van der Waals surface area contributed by atoms with Crippen LogP contribution in [0.1, 0.15) is 19.4 Å². The molecule has 0 amide bonds. The second-order valence-corrected chi connectivity index (χ2v) is 4.73. The maximum atomic E-state index is 5.35. The van der Waals surface area contributed by atoms with Crippen LogP contribution in [0.4, 0.5) is 0 Å². The van der Waals surface area contributed by atoms with Crippen LogP contribution >= 0.6 is 0 Å². The van der Waals surface area contributed by atoms with E-state index in [9.17, 15) is 0 Å². The van der Waals surface area contributed by atoms with Crippen LogP contribution in [0.25, 0.3) is 6.08 Å². The van der Waals surface area contributed by atoms with E-state index in [1.165, 1.54) is 5.56 Å². The summed E-state index contributed by atoms with van der Waals surface area (Å²) in [5, 5.41) is 0. The maximum absolute atomic E-state index is 5.35. The number of benzene rings is 1. The minimum Gasteiger partial charge on any atom is -0.546 e. The first-order valence-corrected chi connectivity index (χ1v) is 5.40. The van der Waals surface area contributed by atoms with Gasteiger partial charge in [-0.05, 0) is 17.2 Å². The van der Waals surface area contributed by atoms with Crippen LogP contribution < -0.4 is 0 Å². The summed E-state index contributed by atoms with van der Waals surface area (Å²) in [6.45, 7) is 4.30. The molecular weight excluding hydrogens is 176 g/mol. The van der Waals surface area contributed by atoms with E-state index in [1.54, 1.807) is 6.26 Å². The van der Waals surface area contributed by atoms with Crippen LogP contribution in [0.5, 0.6) is 0 Å². The molecule has 0 heterocycles. The van der Waals surface area contributed by atoms with Gasteiger partial charge in [0.25, 0.3) is 0 Å². The smallest absolute Gasteiger partial charge is 0.312 e. The van der Waals surface area contributed by atoms with Crippen molar-refractivity contribution in [3.63, 3.8) is 0 Å². The molecule has 0 aliphatic rings. The highest BCUT2D eigenvalue weighted by atomic mass is 28.2. The third-order valence-electron chi connectivity index (χ3n) is 1.43. The Hall–Kier alpha value is -1.02. The van der Waals surface area contributed by atoms with Crippen LogP contribution in [-0.2, 0) is 4.43 Å². The Morgan fingerprint density at radius 2 is 1.92 bits per heavy atom. The summed E-state index contributed by atoms with van der Waals surface area (Å²) < 4.78 is 5.35. The van der Waals surface area contributed by atoms with Gasteiger partial charge >= 0.3 is 9.76 Å². The van der Waals surface area contributed by atoms with E-state index >= 15 is 0 Å². The van der Waals surface area contributed by atoms with Crippen molar-refractivity contribution in [1.82, 2.24) is 0 Å². The van der Waals surface area contributed by atoms with Crippen LogP contribution in [0.3, 0.4) is 0 Å². The van der Waals surface area contributed by atoms with E-state index in [2.05, 4.69) is 26.0 Å². The minimum atomic E-state index is 0.554. The summed E-state index contributed by atoms with van der Waals surface area (Å²) in [6.07, 6.45) is 3.75. The largest absolute Gasteiger partial charge is 0.546 e. The van der Waals surface area contributed by atoms with Gasteiger partial charge in [0.15, 0.2) is 0 Å². The van der Waals surface area contributed by atoms with Crippen molar-refractivity contribution in [2.24, 2.45) is 0 Å². The lowest BCUT2D eigenvalue weighted by Crippen LogP contribution is -1.96. The van der Waals surface area contributed by atoms with Gasteiger partial charge in [-0.15, -0.1) is 0 Å². The van der Waals surface area contributed by atoms with Crippen molar-refractivity contribution in [1.29, 1.82) is 0 Å². The summed E-state index contributed by atoms with van der Waals surface area (Å²) in [5.74, 6) is 0. The van der Waals surface area contributed by atoms with Gasteiger partial charge in [0, 0.05) is 0 Å². The molecule has 0 atom stereocenters. The first-order chi connectivity index (χ1) is 6.29. The summed E-state index contributed by atoms with van der Waals surface area (Å²) >= 11 is 0. The first kappa shape index (κ1) is 10.1. The first-order valence-electron chi connectivity index (χ1n) is 4.42. The Bertz CT molecular complexity index is 254. The molecule has 2 radical (unpaired) electrons. The predicted molar refractivity (Wildman–Crippen MR) is 57.4 cm³/mol. The lowest BCUT2D eigenvalue weighted by Gasteiger charge is -1.99. The zero-order valence-corrected chi connectivity index (χ0v) is 9.03. The molecule has 1 rings (SSSR count). The van der Waals surface area contributed by atoms with Crippen molar-refractivity contribution in [3.05, 3.63) is 42.2 Å². The van der Waals surface area contributed by atoms with Crippen molar-refractivity contribution in [3.8, 4) is 0 Å². The second kappa shape index (κ2) is 5.59. The van der Waals surface area contributed by atoms with Crippen molar-refractivity contribution in [2.75, 3.05) is 0 Å². The Morgan fingerprint density at radius 1 is 1.23 bits per heavy atom. The van der Waals surface area contributed by atoms with E-state index in [4.69, 9.17) is 4.43 Å². The molecule has 0 bridgehead atoms. The van der Waals surface area contributed by atoms with Crippen LogP contribution in [-0.4, -0.2) is 9.76 Å². The topological polar surface area (TPSA) is 9.23 Å². The molecule has 0 saturated carbocycles. The molecule has 0 saturated heterocycles. The third-order valence-corrected chi connectivity index (χ3v) is 2.18. The molecule has 1 nitrogen and oxygen atoms in total.